The molecule has 2 aromatic rings. The molecule has 23 heavy (non-hydrogen) atoms. The first-order chi connectivity index (χ1) is 11.2. The summed E-state index contributed by atoms with van der Waals surface area (Å²) < 4.78 is 0. The van der Waals surface area contributed by atoms with E-state index in [2.05, 4.69) is 4.99 Å². The number of hydrogen-bond acceptors (Lipinski definition) is 4. The lowest BCUT2D eigenvalue weighted by molar-refractivity contribution is -0.384. The van der Waals surface area contributed by atoms with Crippen LogP contribution in [0.3, 0.4) is 0 Å². The molecule has 0 bridgehead atoms. The van der Waals surface area contributed by atoms with Crippen LogP contribution in [0.4, 0.5) is 5.69 Å². The molecule has 1 N–H and O–H groups in total. The van der Waals surface area contributed by atoms with Gasteiger partial charge in [-0.3, -0.25) is 15.1 Å². The van der Waals surface area contributed by atoms with Gasteiger partial charge in [0.1, 0.15) is 6.10 Å². The summed E-state index contributed by atoms with van der Waals surface area (Å²) in [6.45, 7) is 4.53. The first-order valence-corrected chi connectivity index (χ1v) is 7.63. The van der Waals surface area contributed by atoms with Gasteiger partial charge in [-0.15, -0.1) is 0 Å². The van der Waals surface area contributed by atoms with Crippen molar-refractivity contribution in [2.75, 3.05) is 6.54 Å². The molecule has 1 atom stereocenters. The fraction of sp³-hybridized carbons (Fsp3) is 0.278. The summed E-state index contributed by atoms with van der Waals surface area (Å²) in [5.74, 6) is 0. The zero-order valence-electron chi connectivity index (χ0n) is 13.4. The van der Waals surface area contributed by atoms with Crippen molar-refractivity contribution in [2.24, 2.45) is 4.99 Å². The van der Waals surface area contributed by atoms with Gasteiger partial charge >= 0.3 is 0 Å². The summed E-state index contributed by atoms with van der Waals surface area (Å²) >= 11 is 0. The third kappa shape index (κ3) is 6.40. The topological polar surface area (TPSA) is 75.7 Å². The average molecular weight is 314 g/mol. The number of benzene rings is 2. The summed E-state index contributed by atoms with van der Waals surface area (Å²) in [7, 11) is 0. The summed E-state index contributed by atoms with van der Waals surface area (Å²) in [6.07, 6.45) is 1.49. The molecule has 0 fully saturated rings. The Morgan fingerprint density at radius 2 is 1.74 bits per heavy atom. The van der Waals surface area contributed by atoms with Gasteiger partial charge in [0.2, 0.25) is 0 Å². The average Bonchev–Trinajstić information content (AvgIpc) is 2.61. The van der Waals surface area contributed by atoms with Crippen LogP contribution in [-0.2, 0) is 6.42 Å². The minimum absolute atomic E-state index is 0.0850. The Balaban J connectivity index is 0.00000127. The monoisotopic (exact) mass is 314 g/mol. The summed E-state index contributed by atoms with van der Waals surface area (Å²) in [6, 6.07) is 15.7. The number of aliphatic hydroxyl groups excluding tert-OH is 1. The number of nitrogens with zero attached hydrogens (tertiary/aromatic N) is 2. The Morgan fingerprint density at radius 1 is 1.13 bits per heavy atom. The van der Waals surface area contributed by atoms with Crippen molar-refractivity contribution in [3.8, 4) is 0 Å². The van der Waals surface area contributed by atoms with Crippen LogP contribution in [0.2, 0.25) is 0 Å². The highest BCUT2D eigenvalue weighted by Gasteiger charge is 2.04. The highest BCUT2D eigenvalue weighted by atomic mass is 16.6. The maximum Gasteiger partial charge on any atom is 0.269 e. The van der Waals surface area contributed by atoms with Gasteiger partial charge in [-0.1, -0.05) is 56.3 Å². The number of non-ortho nitro benzene ring substituents is 1. The summed E-state index contributed by atoms with van der Waals surface area (Å²) in [5.41, 5.74) is 1.87. The number of aliphatic hydroxyl groups is 1. The number of aliphatic imine (C=N–C) groups is 1. The Bertz CT molecular complexity index is 610. The number of rotatable bonds is 6. The van der Waals surface area contributed by atoms with E-state index in [1.165, 1.54) is 18.3 Å². The molecule has 2 aromatic carbocycles. The van der Waals surface area contributed by atoms with E-state index >= 15 is 0 Å². The van der Waals surface area contributed by atoms with Crippen molar-refractivity contribution < 1.29 is 10.0 Å². The van der Waals surface area contributed by atoms with Crippen LogP contribution >= 0.6 is 0 Å². The third-order valence-electron chi connectivity index (χ3n) is 3.06. The minimum atomic E-state index is -0.705. The second kappa shape index (κ2) is 10.2. The van der Waals surface area contributed by atoms with Crippen molar-refractivity contribution in [3.63, 3.8) is 0 Å². The molecule has 0 aliphatic carbocycles. The Labute approximate surface area is 136 Å². The normalized spacial score (nSPS) is 11.6. The third-order valence-corrected chi connectivity index (χ3v) is 3.06. The van der Waals surface area contributed by atoms with Gasteiger partial charge in [0, 0.05) is 24.9 Å². The number of nitro groups is 1. The number of nitro benzene ring substituents is 1. The summed E-state index contributed by atoms with van der Waals surface area (Å²) in [5, 5.41) is 20.4. The van der Waals surface area contributed by atoms with Gasteiger partial charge in [-0.05, 0) is 17.5 Å². The molecule has 0 heterocycles. The maximum atomic E-state index is 10.5. The van der Waals surface area contributed by atoms with E-state index in [-0.39, 0.29) is 5.69 Å². The Kier molecular flexibility index (Phi) is 8.24. The van der Waals surface area contributed by atoms with Gasteiger partial charge in [0.25, 0.3) is 5.69 Å². The summed E-state index contributed by atoms with van der Waals surface area (Å²) in [4.78, 5) is 14.3. The van der Waals surface area contributed by atoms with Gasteiger partial charge in [0.15, 0.2) is 0 Å². The Hall–Kier alpha value is -2.53. The lowest BCUT2D eigenvalue weighted by Gasteiger charge is -2.04. The predicted molar refractivity (Wildman–Crippen MR) is 92.9 cm³/mol. The van der Waals surface area contributed by atoms with Gasteiger partial charge in [-0.25, -0.2) is 0 Å². The quantitative estimate of drug-likeness (QED) is 0.498. The highest BCUT2D eigenvalue weighted by Crippen LogP contribution is 2.12. The molecule has 0 aliphatic heterocycles. The molecule has 1 unspecified atom stereocenters. The second-order valence-corrected chi connectivity index (χ2v) is 4.58. The molecule has 2 rings (SSSR count). The van der Waals surface area contributed by atoms with Crippen LogP contribution in [-0.4, -0.2) is 22.8 Å². The van der Waals surface area contributed by atoms with Crippen molar-refractivity contribution >= 4 is 11.9 Å². The number of hydrogen-bond donors (Lipinski definition) is 1. The van der Waals surface area contributed by atoms with Crippen LogP contribution in [0.25, 0.3) is 0 Å². The molecule has 0 radical (unpaired) electrons. The van der Waals surface area contributed by atoms with Crippen LogP contribution in [0, 0.1) is 10.1 Å². The van der Waals surface area contributed by atoms with E-state index in [9.17, 15) is 15.2 Å². The van der Waals surface area contributed by atoms with E-state index < -0.39 is 11.0 Å². The fourth-order valence-electron chi connectivity index (χ4n) is 1.89. The van der Waals surface area contributed by atoms with Crippen LogP contribution in [0.5, 0.6) is 0 Å². The molecule has 5 heteroatoms. The highest BCUT2D eigenvalue weighted by molar-refractivity contribution is 5.65. The maximum absolute atomic E-state index is 10.5. The van der Waals surface area contributed by atoms with E-state index in [4.69, 9.17) is 0 Å². The van der Waals surface area contributed by atoms with Crippen molar-refractivity contribution in [3.05, 3.63) is 75.8 Å². The second-order valence-electron chi connectivity index (χ2n) is 4.58. The van der Waals surface area contributed by atoms with Crippen LogP contribution in [0.15, 0.2) is 59.6 Å². The molecule has 0 aromatic heterocycles. The largest absolute Gasteiger partial charge is 0.383 e. The first kappa shape index (κ1) is 18.5. The molecule has 5 nitrogen and oxygen atoms in total. The lowest BCUT2D eigenvalue weighted by atomic mass is 10.1. The van der Waals surface area contributed by atoms with E-state index in [0.717, 1.165) is 11.1 Å². The molecular formula is C18H22N2O3. The predicted octanol–water partition coefficient (Wildman–Crippen LogP) is 3.97. The van der Waals surface area contributed by atoms with E-state index in [1.807, 2.05) is 44.2 Å². The van der Waals surface area contributed by atoms with Crippen molar-refractivity contribution in [2.45, 2.75) is 26.4 Å². The standard InChI is InChI=1S/C16H16N2O3.C2H6/c19-16(14-4-2-1-3-5-14)12-17-11-10-13-6-8-15(9-7-13)18(20)21;1-2/h1-9,12,16,19H,10-11H2;1-2H3. The molecule has 0 amide bonds. The minimum Gasteiger partial charge on any atom is -0.383 e. The van der Waals surface area contributed by atoms with Gasteiger partial charge in [-0.2, -0.15) is 0 Å². The van der Waals surface area contributed by atoms with E-state index in [1.54, 1.807) is 12.1 Å². The zero-order valence-corrected chi connectivity index (χ0v) is 13.4. The molecule has 0 aliphatic rings. The van der Waals surface area contributed by atoms with Gasteiger partial charge in [0.05, 0.1) is 4.92 Å². The molecule has 0 saturated heterocycles. The fourth-order valence-corrected chi connectivity index (χ4v) is 1.89. The Morgan fingerprint density at radius 3 is 2.30 bits per heavy atom. The smallest absolute Gasteiger partial charge is 0.269 e. The SMILES string of the molecule is CC.O=[N+]([O-])c1ccc(CCN=CC(O)c2ccccc2)cc1. The zero-order chi connectivity index (χ0) is 17.1. The first-order valence-electron chi connectivity index (χ1n) is 7.63. The van der Waals surface area contributed by atoms with Crippen molar-refractivity contribution in [1.29, 1.82) is 0 Å². The molecule has 0 spiro atoms. The lowest BCUT2D eigenvalue weighted by Crippen LogP contribution is -1.99. The van der Waals surface area contributed by atoms with Crippen LogP contribution < -0.4 is 0 Å². The molecule has 122 valence electrons. The van der Waals surface area contributed by atoms with Gasteiger partial charge < -0.3 is 5.11 Å². The van der Waals surface area contributed by atoms with Crippen molar-refractivity contribution in [1.82, 2.24) is 0 Å². The molecule has 0 saturated carbocycles. The van der Waals surface area contributed by atoms with E-state index in [0.29, 0.717) is 13.0 Å². The molecular weight excluding hydrogens is 292 g/mol. The van der Waals surface area contributed by atoms with Crippen LogP contribution in [0.1, 0.15) is 31.1 Å².